The largest absolute Gasteiger partial charge is 0.469 e. The van der Waals surface area contributed by atoms with E-state index in [0.29, 0.717) is 19.6 Å². The molecular weight excluding hydrogens is 236 g/mol. The van der Waals surface area contributed by atoms with Crippen molar-refractivity contribution in [2.24, 2.45) is 11.8 Å². The third-order valence-electron chi connectivity index (χ3n) is 3.59. The number of likely N-dealkylation sites (tertiary alicyclic amines) is 1. The fourth-order valence-corrected chi connectivity index (χ4v) is 2.57. The molecule has 0 aromatic carbocycles. The van der Waals surface area contributed by atoms with Crippen LogP contribution in [0.15, 0.2) is 0 Å². The molecular formula is C12H18N2O4. The Hall–Kier alpha value is -1.59. The van der Waals surface area contributed by atoms with Crippen LogP contribution in [0.25, 0.3) is 0 Å². The van der Waals surface area contributed by atoms with Gasteiger partial charge in [-0.2, -0.15) is 0 Å². The number of methoxy groups -OCH3 is 1. The summed E-state index contributed by atoms with van der Waals surface area (Å²) in [6.45, 7) is 1.49. The second-order valence-electron chi connectivity index (χ2n) is 4.85. The lowest BCUT2D eigenvalue weighted by molar-refractivity contribution is -0.149. The van der Waals surface area contributed by atoms with Crippen molar-refractivity contribution in [3.8, 4) is 0 Å². The third kappa shape index (κ3) is 2.63. The molecule has 0 aromatic rings. The molecule has 2 atom stereocenters. The zero-order valence-electron chi connectivity index (χ0n) is 10.5. The Kier molecular flexibility index (Phi) is 3.84. The van der Waals surface area contributed by atoms with Crippen LogP contribution in [0.3, 0.4) is 0 Å². The second-order valence-corrected chi connectivity index (χ2v) is 4.85. The molecule has 2 fully saturated rings. The Labute approximate surface area is 106 Å². The fourth-order valence-electron chi connectivity index (χ4n) is 2.57. The zero-order chi connectivity index (χ0) is 13.1. The topological polar surface area (TPSA) is 75.7 Å². The summed E-state index contributed by atoms with van der Waals surface area (Å²) in [5.41, 5.74) is 0. The second kappa shape index (κ2) is 5.37. The van der Waals surface area contributed by atoms with Gasteiger partial charge in [0, 0.05) is 26.1 Å². The summed E-state index contributed by atoms with van der Waals surface area (Å²) >= 11 is 0. The number of carbonyl (C=O) groups excluding carboxylic acids is 3. The molecule has 0 radical (unpaired) electrons. The Balaban J connectivity index is 1.94. The molecule has 6 nitrogen and oxygen atoms in total. The monoisotopic (exact) mass is 254 g/mol. The highest BCUT2D eigenvalue weighted by atomic mass is 16.5. The van der Waals surface area contributed by atoms with Crippen molar-refractivity contribution >= 4 is 17.8 Å². The average Bonchev–Trinajstić information content (AvgIpc) is 2.83. The van der Waals surface area contributed by atoms with E-state index in [0.717, 1.165) is 12.8 Å². The van der Waals surface area contributed by atoms with Gasteiger partial charge in [-0.15, -0.1) is 0 Å². The molecule has 0 aromatic heterocycles. The number of hydrogen-bond acceptors (Lipinski definition) is 4. The van der Waals surface area contributed by atoms with Crippen LogP contribution in [0.2, 0.25) is 0 Å². The highest BCUT2D eigenvalue weighted by Crippen LogP contribution is 2.21. The van der Waals surface area contributed by atoms with E-state index in [2.05, 4.69) is 5.32 Å². The summed E-state index contributed by atoms with van der Waals surface area (Å²) in [6.07, 6.45) is 1.83. The van der Waals surface area contributed by atoms with Gasteiger partial charge in [0.15, 0.2) is 0 Å². The third-order valence-corrected chi connectivity index (χ3v) is 3.59. The molecule has 0 saturated carbocycles. The minimum Gasteiger partial charge on any atom is -0.469 e. The summed E-state index contributed by atoms with van der Waals surface area (Å²) in [7, 11) is 1.36. The van der Waals surface area contributed by atoms with Crippen LogP contribution in [0.1, 0.15) is 19.3 Å². The van der Waals surface area contributed by atoms with Gasteiger partial charge in [-0.25, -0.2) is 0 Å². The van der Waals surface area contributed by atoms with Crippen molar-refractivity contribution < 1.29 is 19.1 Å². The molecule has 2 amide bonds. The average molecular weight is 254 g/mol. The van der Waals surface area contributed by atoms with Gasteiger partial charge in [-0.3, -0.25) is 14.4 Å². The maximum absolute atomic E-state index is 12.2. The first kappa shape index (κ1) is 12.9. The van der Waals surface area contributed by atoms with Crippen LogP contribution >= 0.6 is 0 Å². The number of rotatable bonds is 2. The van der Waals surface area contributed by atoms with Gasteiger partial charge in [0.25, 0.3) is 0 Å². The number of esters is 1. The molecule has 2 aliphatic heterocycles. The summed E-state index contributed by atoms with van der Waals surface area (Å²) in [4.78, 5) is 36.5. The Morgan fingerprint density at radius 3 is 2.78 bits per heavy atom. The van der Waals surface area contributed by atoms with E-state index in [1.54, 1.807) is 4.90 Å². The van der Waals surface area contributed by atoms with Gasteiger partial charge in [0.05, 0.1) is 18.9 Å². The van der Waals surface area contributed by atoms with Crippen LogP contribution in [-0.4, -0.2) is 49.4 Å². The smallest absolute Gasteiger partial charge is 0.310 e. The van der Waals surface area contributed by atoms with E-state index in [4.69, 9.17) is 4.74 Å². The molecule has 1 unspecified atom stereocenters. The number of hydrogen-bond donors (Lipinski definition) is 1. The van der Waals surface area contributed by atoms with Gasteiger partial charge in [-0.1, -0.05) is 0 Å². The predicted octanol–water partition coefficient (Wildman–Crippen LogP) is -0.466. The molecule has 0 bridgehead atoms. The van der Waals surface area contributed by atoms with Crippen LogP contribution in [-0.2, 0) is 19.1 Å². The molecule has 100 valence electrons. The van der Waals surface area contributed by atoms with Gasteiger partial charge >= 0.3 is 5.97 Å². The molecule has 0 aliphatic carbocycles. The minimum atomic E-state index is -0.270. The van der Waals surface area contributed by atoms with Crippen LogP contribution < -0.4 is 5.32 Å². The number of nitrogens with zero attached hydrogens (tertiary/aromatic N) is 1. The van der Waals surface area contributed by atoms with E-state index in [1.165, 1.54) is 7.11 Å². The predicted molar refractivity (Wildman–Crippen MR) is 62.4 cm³/mol. The van der Waals surface area contributed by atoms with Crippen LogP contribution in [0.4, 0.5) is 0 Å². The Morgan fingerprint density at radius 2 is 2.17 bits per heavy atom. The van der Waals surface area contributed by atoms with Crippen molar-refractivity contribution in [2.45, 2.75) is 19.3 Å². The van der Waals surface area contributed by atoms with Gasteiger partial charge < -0.3 is 15.0 Å². The number of amides is 2. The molecule has 2 aliphatic rings. The SMILES string of the molecule is COC(=O)[C@H]1CCCN(C(=O)C2CNC(=O)C2)C1. The van der Waals surface area contributed by atoms with Crippen molar-refractivity contribution in [3.05, 3.63) is 0 Å². The lowest BCUT2D eigenvalue weighted by Gasteiger charge is -2.32. The van der Waals surface area contributed by atoms with E-state index < -0.39 is 0 Å². The van der Waals surface area contributed by atoms with Crippen molar-refractivity contribution in [1.29, 1.82) is 0 Å². The molecule has 2 rings (SSSR count). The van der Waals surface area contributed by atoms with Gasteiger partial charge in [0.2, 0.25) is 11.8 Å². The standard InChI is InChI=1S/C12H18N2O4/c1-18-12(17)8-3-2-4-14(7-8)11(16)9-5-10(15)13-6-9/h8-9H,2-7H2,1H3,(H,13,15)/t8-,9?/m0/s1. The Morgan fingerprint density at radius 1 is 1.39 bits per heavy atom. The first-order chi connectivity index (χ1) is 8.61. The first-order valence-electron chi connectivity index (χ1n) is 6.25. The summed E-state index contributed by atoms with van der Waals surface area (Å²) < 4.78 is 4.72. The molecule has 18 heavy (non-hydrogen) atoms. The summed E-state index contributed by atoms with van der Waals surface area (Å²) in [5, 5.41) is 2.66. The quantitative estimate of drug-likeness (QED) is 0.676. The normalized spacial score (nSPS) is 27.8. The maximum Gasteiger partial charge on any atom is 0.310 e. The summed E-state index contributed by atoms with van der Waals surface area (Å²) in [6, 6.07) is 0. The molecule has 6 heteroatoms. The zero-order valence-corrected chi connectivity index (χ0v) is 10.5. The van der Waals surface area contributed by atoms with Crippen molar-refractivity contribution in [2.75, 3.05) is 26.7 Å². The molecule has 1 N–H and O–H groups in total. The van der Waals surface area contributed by atoms with Gasteiger partial charge in [0.1, 0.15) is 0 Å². The van der Waals surface area contributed by atoms with E-state index >= 15 is 0 Å². The van der Waals surface area contributed by atoms with Crippen LogP contribution in [0.5, 0.6) is 0 Å². The number of nitrogens with one attached hydrogen (secondary N) is 1. The van der Waals surface area contributed by atoms with Gasteiger partial charge in [-0.05, 0) is 12.8 Å². The highest BCUT2D eigenvalue weighted by Gasteiger charge is 2.35. The number of ether oxygens (including phenoxy) is 1. The van der Waals surface area contributed by atoms with Crippen LogP contribution in [0, 0.1) is 11.8 Å². The number of piperidine rings is 1. The van der Waals surface area contributed by atoms with Crippen molar-refractivity contribution in [3.63, 3.8) is 0 Å². The highest BCUT2D eigenvalue weighted by molar-refractivity contribution is 5.89. The Bertz CT molecular complexity index is 369. The lowest BCUT2D eigenvalue weighted by Crippen LogP contribution is -2.45. The van der Waals surface area contributed by atoms with E-state index in [1.807, 2.05) is 0 Å². The lowest BCUT2D eigenvalue weighted by atomic mass is 9.96. The molecule has 2 heterocycles. The van der Waals surface area contributed by atoms with Crippen molar-refractivity contribution in [1.82, 2.24) is 10.2 Å². The molecule has 0 spiro atoms. The minimum absolute atomic E-state index is 0.0260. The summed E-state index contributed by atoms with van der Waals surface area (Å²) in [5.74, 6) is -0.850. The first-order valence-corrected chi connectivity index (χ1v) is 6.25. The maximum atomic E-state index is 12.2. The fraction of sp³-hybridized carbons (Fsp3) is 0.750. The molecule has 2 saturated heterocycles. The van der Waals surface area contributed by atoms with E-state index in [9.17, 15) is 14.4 Å². The van der Waals surface area contributed by atoms with E-state index in [-0.39, 0.29) is 36.0 Å². The number of carbonyl (C=O) groups is 3.